The highest BCUT2D eigenvalue weighted by molar-refractivity contribution is 5.56. The van der Waals surface area contributed by atoms with E-state index in [1.165, 1.54) is 22.3 Å². The molecule has 0 atom stereocenters. The average molecular weight is 237 g/mol. The van der Waals surface area contributed by atoms with Gasteiger partial charge >= 0.3 is 0 Å². The predicted octanol–water partition coefficient (Wildman–Crippen LogP) is 4.29. The average Bonchev–Trinajstić information content (AvgIpc) is 2.40. The van der Waals surface area contributed by atoms with Gasteiger partial charge in [-0.1, -0.05) is 48.9 Å². The first-order valence-electron chi connectivity index (χ1n) is 6.43. The summed E-state index contributed by atoms with van der Waals surface area (Å²) in [6, 6.07) is 12.7. The van der Waals surface area contributed by atoms with Gasteiger partial charge in [-0.05, 0) is 42.5 Å². The lowest BCUT2D eigenvalue weighted by Gasteiger charge is -2.05. The van der Waals surface area contributed by atoms with Crippen molar-refractivity contribution in [3.05, 3.63) is 71.1 Å². The fourth-order valence-corrected chi connectivity index (χ4v) is 2.11. The summed E-state index contributed by atoms with van der Waals surface area (Å²) in [4.78, 5) is 4.18. The van der Waals surface area contributed by atoms with E-state index >= 15 is 0 Å². The molecule has 2 rings (SSSR count). The Balaban J connectivity index is 2.18. The molecular weight excluding hydrogens is 218 g/mol. The van der Waals surface area contributed by atoms with Crippen LogP contribution in [0.4, 0.5) is 0 Å². The Labute approximate surface area is 109 Å². The van der Waals surface area contributed by atoms with E-state index in [0.29, 0.717) is 0 Å². The van der Waals surface area contributed by atoms with Crippen molar-refractivity contribution in [3.63, 3.8) is 0 Å². The quantitative estimate of drug-likeness (QED) is 0.773. The molecule has 1 heterocycles. The summed E-state index contributed by atoms with van der Waals surface area (Å²) in [5.74, 6) is 0. The van der Waals surface area contributed by atoms with Gasteiger partial charge in [0, 0.05) is 12.4 Å². The van der Waals surface area contributed by atoms with E-state index in [2.05, 4.69) is 61.3 Å². The zero-order chi connectivity index (χ0) is 12.8. The fourth-order valence-electron chi connectivity index (χ4n) is 2.11. The number of aromatic nitrogens is 1. The molecule has 0 bridgehead atoms. The second kappa shape index (κ2) is 6.15. The molecule has 0 saturated carbocycles. The predicted molar refractivity (Wildman–Crippen MR) is 77.4 cm³/mol. The topological polar surface area (TPSA) is 12.9 Å². The Morgan fingerprint density at radius 2 is 1.94 bits per heavy atom. The molecule has 0 aliphatic carbocycles. The second-order valence-electron chi connectivity index (χ2n) is 4.58. The molecule has 2 aromatic rings. The summed E-state index contributed by atoms with van der Waals surface area (Å²) >= 11 is 0. The maximum Gasteiger partial charge on any atom is 0.0305 e. The number of allylic oxidation sites excluding steroid dienone is 1. The molecule has 0 unspecified atom stereocenters. The van der Waals surface area contributed by atoms with Gasteiger partial charge in [0.25, 0.3) is 0 Å². The van der Waals surface area contributed by atoms with Crippen LogP contribution >= 0.6 is 0 Å². The highest BCUT2D eigenvalue weighted by Crippen LogP contribution is 2.15. The van der Waals surface area contributed by atoms with Gasteiger partial charge < -0.3 is 0 Å². The van der Waals surface area contributed by atoms with Crippen molar-refractivity contribution in [2.45, 2.75) is 26.7 Å². The summed E-state index contributed by atoms with van der Waals surface area (Å²) in [7, 11) is 0. The molecule has 92 valence electrons. The molecule has 0 aliphatic heterocycles. The maximum absolute atomic E-state index is 4.18. The number of hydrogen-bond acceptors (Lipinski definition) is 1. The van der Waals surface area contributed by atoms with Crippen molar-refractivity contribution < 1.29 is 0 Å². The van der Waals surface area contributed by atoms with Crippen LogP contribution in [0, 0.1) is 0 Å². The first-order chi connectivity index (χ1) is 8.79. The third-order valence-corrected chi connectivity index (χ3v) is 3.05. The van der Waals surface area contributed by atoms with Crippen LogP contribution in [0.15, 0.2) is 54.4 Å². The number of hydrogen-bond donors (Lipinski definition) is 0. The van der Waals surface area contributed by atoms with E-state index in [1.54, 1.807) is 0 Å². The molecule has 0 saturated heterocycles. The summed E-state index contributed by atoms with van der Waals surface area (Å²) in [5, 5.41) is 0. The number of benzene rings is 1. The molecule has 18 heavy (non-hydrogen) atoms. The maximum atomic E-state index is 4.18. The molecule has 1 aromatic heterocycles. The Kier molecular flexibility index (Phi) is 4.30. The minimum atomic E-state index is 1.01. The summed E-state index contributed by atoms with van der Waals surface area (Å²) in [5.41, 5.74) is 5.34. The molecule has 0 amide bonds. The molecule has 0 fully saturated rings. The molecule has 0 radical (unpaired) electrons. The monoisotopic (exact) mass is 237 g/mol. The van der Waals surface area contributed by atoms with Crippen molar-refractivity contribution in [2.24, 2.45) is 0 Å². The smallest absolute Gasteiger partial charge is 0.0305 e. The standard InChI is InChI=1S/C17H19N/c1-3-16-13-18-10-9-17(16)12-14(2)11-15-7-5-4-6-8-15/h4-10,12-13H,3,11H2,1-2H3. The number of rotatable bonds is 4. The summed E-state index contributed by atoms with van der Waals surface area (Å²) in [6.07, 6.45) is 8.13. The Hall–Kier alpha value is -1.89. The highest BCUT2D eigenvalue weighted by atomic mass is 14.6. The van der Waals surface area contributed by atoms with Gasteiger partial charge in [-0.25, -0.2) is 0 Å². The Morgan fingerprint density at radius 1 is 1.17 bits per heavy atom. The van der Waals surface area contributed by atoms with Crippen LogP contribution in [0.1, 0.15) is 30.5 Å². The lowest BCUT2D eigenvalue weighted by atomic mass is 10.0. The van der Waals surface area contributed by atoms with Crippen molar-refractivity contribution in [2.75, 3.05) is 0 Å². The van der Waals surface area contributed by atoms with E-state index in [9.17, 15) is 0 Å². The fraction of sp³-hybridized carbons (Fsp3) is 0.235. The van der Waals surface area contributed by atoms with E-state index in [1.807, 2.05) is 12.4 Å². The van der Waals surface area contributed by atoms with E-state index in [4.69, 9.17) is 0 Å². The highest BCUT2D eigenvalue weighted by Gasteiger charge is 1.99. The van der Waals surface area contributed by atoms with Crippen LogP contribution in [-0.4, -0.2) is 4.98 Å². The first kappa shape index (κ1) is 12.6. The van der Waals surface area contributed by atoms with E-state index < -0.39 is 0 Å². The molecular formula is C17H19N. The normalized spacial score (nSPS) is 11.6. The lowest BCUT2D eigenvalue weighted by molar-refractivity contribution is 1.09. The molecule has 0 aliphatic rings. The van der Waals surface area contributed by atoms with Crippen LogP contribution in [0.3, 0.4) is 0 Å². The number of aryl methyl sites for hydroxylation is 1. The van der Waals surface area contributed by atoms with Crippen LogP contribution in [0.25, 0.3) is 6.08 Å². The van der Waals surface area contributed by atoms with E-state index in [-0.39, 0.29) is 0 Å². The van der Waals surface area contributed by atoms with Crippen molar-refractivity contribution >= 4 is 6.08 Å². The number of nitrogens with zero attached hydrogens (tertiary/aromatic N) is 1. The van der Waals surface area contributed by atoms with Crippen LogP contribution < -0.4 is 0 Å². The zero-order valence-electron chi connectivity index (χ0n) is 11.1. The van der Waals surface area contributed by atoms with Crippen LogP contribution in [-0.2, 0) is 12.8 Å². The third kappa shape index (κ3) is 3.30. The van der Waals surface area contributed by atoms with Crippen molar-refractivity contribution in [3.8, 4) is 0 Å². The van der Waals surface area contributed by atoms with Gasteiger partial charge in [-0.3, -0.25) is 4.98 Å². The SMILES string of the molecule is CCc1cnccc1C=C(C)Cc1ccccc1. The van der Waals surface area contributed by atoms with Gasteiger partial charge in [0.1, 0.15) is 0 Å². The molecule has 1 aromatic carbocycles. The van der Waals surface area contributed by atoms with E-state index in [0.717, 1.165) is 12.8 Å². The van der Waals surface area contributed by atoms with Crippen LogP contribution in [0.5, 0.6) is 0 Å². The third-order valence-electron chi connectivity index (χ3n) is 3.05. The van der Waals surface area contributed by atoms with Gasteiger partial charge in [-0.2, -0.15) is 0 Å². The minimum absolute atomic E-state index is 1.01. The van der Waals surface area contributed by atoms with Gasteiger partial charge in [0.05, 0.1) is 0 Å². The van der Waals surface area contributed by atoms with Crippen molar-refractivity contribution in [1.82, 2.24) is 4.98 Å². The van der Waals surface area contributed by atoms with Gasteiger partial charge in [0.15, 0.2) is 0 Å². The van der Waals surface area contributed by atoms with Crippen LogP contribution in [0.2, 0.25) is 0 Å². The van der Waals surface area contributed by atoms with Gasteiger partial charge in [-0.15, -0.1) is 0 Å². The lowest BCUT2D eigenvalue weighted by Crippen LogP contribution is -1.90. The Morgan fingerprint density at radius 3 is 2.67 bits per heavy atom. The summed E-state index contributed by atoms with van der Waals surface area (Å²) < 4.78 is 0. The van der Waals surface area contributed by atoms with Gasteiger partial charge in [0.2, 0.25) is 0 Å². The largest absolute Gasteiger partial charge is 0.264 e. The first-order valence-corrected chi connectivity index (χ1v) is 6.43. The molecule has 0 N–H and O–H groups in total. The molecule has 0 spiro atoms. The Bertz CT molecular complexity index is 526. The molecule has 1 heteroatoms. The zero-order valence-corrected chi connectivity index (χ0v) is 11.1. The minimum Gasteiger partial charge on any atom is -0.264 e. The molecule has 1 nitrogen and oxygen atoms in total. The summed E-state index contributed by atoms with van der Waals surface area (Å²) in [6.45, 7) is 4.35. The van der Waals surface area contributed by atoms with Crippen molar-refractivity contribution in [1.29, 1.82) is 0 Å². The number of pyridine rings is 1. The second-order valence-corrected chi connectivity index (χ2v) is 4.58.